The van der Waals surface area contributed by atoms with Crippen molar-refractivity contribution in [3.63, 3.8) is 0 Å². The first kappa shape index (κ1) is 23.4. The minimum absolute atomic E-state index is 0.125. The Labute approximate surface area is 185 Å². The molecular weight excluding hydrogens is 438 g/mol. The van der Waals surface area contributed by atoms with E-state index >= 15 is 0 Å². The van der Waals surface area contributed by atoms with Crippen LogP contribution in [0.5, 0.6) is 11.5 Å². The van der Waals surface area contributed by atoms with Gasteiger partial charge in [0.2, 0.25) is 15.9 Å². The Hall–Kier alpha value is -3.31. The lowest BCUT2D eigenvalue weighted by atomic mass is 10.0. The molecule has 2 aromatic carbocycles. The number of nitrogens with one attached hydrogen (secondary N) is 2. The molecule has 0 unspecified atom stereocenters. The molecule has 0 saturated heterocycles. The van der Waals surface area contributed by atoms with Gasteiger partial charge in [0.1, 0.15) is 17.5 Å². The lowest BCUT2D eigenvalue weighted by Crippen LogP contribution is -2.47. The number of hydrogen-bond acceptors (Lipinski definition) is 7. The van der Waals surface area contributed by atoms with Gasteiger partial charge in [-0.25, -0.2) is 13.2 Å². The van der Waals surface area contributed by atoms with Crippen molar-refractivity contribution in [2.75, 3.05) is 19.5 Å². The number of aromatic nitrogens is 1. The second-order valence-electron chi connectivity index (χ2n) is 7.45. The standard InChI is InChI=1S/C21H25N3O7S/c1-12(2)19(20(25)22-15-8-6-13(29-4)10-17(15)30-5)23-32(27,28)14-7-9-16-18(11-14)31-21(26)24(16)3/h6-12,19,23H,1-5H3,(H,22,25)/t19-/m0/s1. The quantitative estimate of drug-likeness (QED) is 0.523. The molecule has 3 aromatic rings. The van der Waals surface area contributed by atoms with E-state index < -0.39 is 27.7 Å². The van der Waals surface area contributed by atoms with Crippen molar-refractivity contribution in [1.82, 2.24) is 9.29 Å². The molecule has 32 heavy (non-hydrogen) atoms. The monoisotopic (exact) mass is 463 g/mol. The number of ether oxygens (including phenoxy) is 2. The van der Waals surface area contributed by atoms with Crippen LogP contribution in [0.25, 0.3) is 11.1 Å². The summed E-state index contributed by atoms with van der Waals surface area (Å²) in [7, 11) is 0.382. The zero-order chi connectivity index (χ0) is 23.6. The highest BCUT2D eigenvalue weighted by molar-refractivity contribution is 7.89. The molecule has 2 N–H and O–H groups in total. The number of sulfonamides is 1. The topological polar surface area (TPSA) is 129 Å². The van der Waals surface area contributed by atoms with Gasteiger partial charge in [-0.05, 0) is 30.2 Å². The maximum Gasteiger partial charge on any atom is 0.419 e. The van der Waals surface area contributed by atoms with E-state index in [1.54, 1.807) is 32.0 Å². The van der Waals surface area contributed by atoms with Gasteiger partial charge in [0.15, 0.2) is 5.58 Å². The van der Waals surface area contributed by atoms with Crippen molar-refractivity contribution in [3.05, 3.63) is 46.9 Å². The molecule has 10 nitrogen and oxygen atoms in total. The Balaban J connectivity index is 1.87. The number of fused-ring (bicyclic) bond motifs is 1. The third-order valence-corrected chi connectivity index (χ3v) is 6.41. The second-order valence-corrected chi connectivity index (χ2v) is 9.17. The SMILES string of the molecule is COc1ccc(NC(=O)[C@@H](NS(=O)(=O)c2ccc3c(c2)oc(=O)n3C)C(C)C)c(OC)c1. The molecule has 11 heteroatoms. The number of rotatable bonds is 8. The highest BCUT2D eigenvalue weighted by Gasteiger charge is 2.29. The van der Waals surface area contributed by atoms with Crippen LogP contribution in [0.4, 0.5) is 5.69 Å². The average Bonchev–Trinajstić information content (AvgIpc) is 3.05. The molecule has 0 aliphatic heterocycles. The lowest BCUT2D eigenvalue weighted by Gasteiger charge is -2.22. The third-order valence-electron chi connectivity index (χ3n) is 4.97. The van der Waals surface area contributed by atoms with E-state index in [4.69, 9.17) is 13.9 Å². The summed E-state index contributed by atoms with van der Waals surface area (Å²) in [5.41, 5.74) is 0.961. The van der Waals surface area contributed by atoms with E-state index in [9.17, 15) is 18.0 Å². The van der Waals surface area contributed by atoms with Crippen LogP contribution in [0.3, 0.4) is 0 Å². The number of carbonyl (C=O) groups excluding carboxylic acids is 1. The maximum atomic E-state index is 13.0. The second kappa shape index (κ2) is 9.05. The van der Waals surface area contributed by atoms with E-state index in [2.05, 4.69) is 10.0 Å². The fourth-order valence-electron chi connectivity index (χ4n) is 3.12. The normalized spacial score (nSPS) is 12.7. The molecule has 0 spiro atoms. The molecule has 1 atom stereocenters. The molecule has 0 fully saturated rings. The van der Waals surface area contributed by atoms with Gasteiger partial charge in [-0.3, -0.25) is 9.36 Å². The summed E-state index contributed by atoms with van der Waals surface area (Å²) >= 11 is 0. The van der Waals surface area contributed by atoms with E-state index in [0.29, 0.717) is 22.7 Å². The minimum atomic E-state index is -4.10. The third kappa shape index (κ3) is 4.63. The summed E-state index contributed by atoms with van der Waals surface area (Å²) in [5, 5.41) is 2.70. The van der Waals surface area contributed by atoms with Crippen LogP contribution in [0.2, 0.25) is 0 Å². The number of oxazole rings is 1. The minimum Gasteiger partial charge on any atom is -0.497 e. The zero-order valence-electron chi connectivity index (χ0n) is 18.3. The summed E-state index contributed by atoms with van der Waals surface area (Å²) in [4.78, 5) is 24.5. The number of hydrogen-bond donors (Lipinski definition) is 2. The summed E-state index contributed by atoms with van der Waals surface area (Å²) in [6, 6.07) is 7.85. The molecule has 0 aliphatic rings. The first-order valence-electron chi connectivity index (χ1n) is 9.72. The number of amides is 1. The van der Waals surface area contributed by atoms with Crippen LogP contribution in [-0.2, 0) is 21.9 Å². The van der Waals surface area contributed by atoms with E-state index in [-0.39, 0.29) is 16.4 Å². The zero-order valence-corrected chi connectivity index (χ0v) is 19.1. The number of carbonyl (C=O) groups is 1. The summed E-state index contributed by atoms with van der Waals surface area (Å²) in [5.74, 6) is -0.612. The van der Waals surface area contributed by atoms with Crippen LogP contribution in [0.1, 0.15) is 13.8 Å². The van der Waals surface area contributed by atoms with E-state index in [0.717, 1.165) is 0 Å². The van der Waals surface area contributed by atoms with E-state index in [1.165, 1.54) is 44.0 Å². The van der Waals surface area contributed by atoms with Crippen molar-refractivity contribution in [2.45, 2.75) is 24.8 Å². The van der Waals surface area contributed by atoms with Crippen molar-refractivity contribution >= 4 is 32.7 Å². The van der Waals surface area contributed by atoms with Crippen molar-refractivity contribution in [1.29, 1.82) is 0 Å². The predicted molar refractivity (Wildman–Crippen MR) is 119 cm³/mol. The predicted octanol–water partition coefficient (Wildman–Crippen LogP) is 2.09. The van der Waals surface area contributed by atoms with Gasteiger partial charge in [0.05, 0.1) is 30.3 Å². The number of aryl methyl sites for hydroxylation is 1. The van der Waals surface area contributed by atoms with Gasteiger partial charge < -0.3 is 19.2 Å². The molecule has 0 saturated carbocycles. The molecule has 0 bridgehead atoms. The van der Waals surface area contributed by atoms with Crippen LogP contribution in [-0.4, -0.2) is 39.2 Å². The van der Waals surface area contributed by atoms with Crippen LogP contribution in [0, 0.1) is 5.92 Å². The van der Waals surface area contributed by atoms with Crippen molar-refractivity contribution in [2.24, 2.45) is 13.0 Å². The number of nitrogens with zero attached hydrogens (tertiary/aromatic N) is 1. The van der Waals surface area contributed by atoms with Crippen LogP contribution in [0.15, 0.2) is 50.5 Å². The van der Waals surface area contributed by atoms with Crippen LogP contribution < -0.4 is 25.3 Å². The van der Waals surface area contributed by atoms with Gasteiger partial charge in [-0.1, -0.05) is 13.8 Å². The Kier molecular flexibility index (Phi) is 6.60. The number of anilines is 1. The van der Waals surface area contributed by atoms with E-state index in [1.807, 2.05) is 0 Å². The first-order valence-corrected chi connectivity index (χ1v) is 11.2. The van der Waals surface area contributed by atoms with Crippen molar-refractivity contribution in [3.8, 4) is 11.5 Å². The molecule has 1 heterocycles. The number of methoxy groups -OCH3 is 2. The molecule has 172 valence electrons. The fourth-order valence-corrected chi connectivity index (χ4v) is 4.48. The highest BCUT2D eigenvalue weighted by atomic mass is 32.2. The molecule has 0 radical (unpaired) electrons. The molecule has 0 aliphatic carbocycles. The number of benzene rings is 2. The Morgan fingerprint density at radius 1 is 1.09 bits per heavy atom. The van der Waals surface area contributed by atoms with Crippen molar-refractivity contribution < 1.29 is 27.1 Å². The smallest absolute Gasteiger partial charge is 0.419 e. The Morgan fingerprint density at radius 3 is 2.44 bits per heavy atom. The Bertz CT molecular complexity index is 1310. The molecular formula is C21H25N3O7S. The largest absolute Gasteiger partial charge is 0.497 e. The maximum absolute atomic E-state index is 13.0. The van der Waals surface area contributed by atoms with Gasteiger partial charge in [-0.15, -0.1) is 0 Å². The molecule has 3 rings (SSSR count). The van der Waals surface area contributed by atoms with Gasteiger partial charge in [-0.2, -0.15) is 4.72 Å². The Morgan fingerprint density at radius 2 is 1.81 bits per heavy atom. The summed E-state index contributed by atoms with van der Waals surface area (Å²) in [6.07, 6.45) is 0. The van der Waals surface area contributed by atoms with Gasteiger partial charge in [0, 0.05) is 19.2 Å². The molecule has 1 amide bonds. The first-order chi connectivity index (χ1) is 15.1. The van der Waals surface area contributed by atoms with Crippen LogP contribution >= 0.6 is 0 Å². The average molecular weight is 464 g/mol. The van der Waals surface area contributed by atoms with Gasteiger partial charge in [0.25, 0.3) is 0 Å². The van der Waals surface area contributed by atoms with Gasteiger partial charge >= 0.3 is 5.76 Å². The highest BCUT2D eigenvalue weighted by Crippen LogP contribution is 2.29. The molecule has 1 aromatic heterocycles. The summed E-state index contributed by atoms with van der Waals surface area (Å²) < 4.78 is 45.2. The summed E-state index contributed by atoms with van der Waals surface area (Å²) in [6.45, 7) is 3.44. The fraction of sp³-hybridized carbons (Fsp3) is 0.333. The lowest BCUT2D eigenvalue weighted by molar-refractivity contribution is -0.118.